The number of benzene rings is 2. The van der Waals surface area contributed by atoms with E-state index in [0.29, 0.717) is 23.6 Å². The van der Waals surface area contributed by atoms with E-state index in [1.165, 1.54) is 0 Å². The van der Waals surface area contributed by atoms with Crippen LogP contribution in [0.15, 0.2) is 46.9 Å². The maximum Gasteiger partial charge on any atom is 0.248 e. The molecule has 0 aliphatic heterocycles. The van der Waals surface area contributed by atoms with Crippen LogP contribution in [0.5, 0.6) is 5.75 Å². The molecule has 0 unspecified atom stereocenters. The van der Waals surface area contributed by atoms with Crippen molar-refractivity contribution in [1.29, 1.82) is 0 Å². The van der Waals surface area contributed by atoms with Crippen LogP contribution in [0.4, 0.5) is 5.69 Å². The Morgan fingerprint density at radius 3 is 2.47 bits per heavy atom. The smallest absolute Gasteiger partial charge is 0.248 e. The number of amides is 1. The molecule has 4 N–H and O–H groups in total. The summed E-state index contributed by atoms with van der Waals surface area (Å²) in [5.74, 6) is 0.241. The first kappa shape index (κ1) is 13.4. The average Bonchev–Trinajstić information content (AvgIpc) is 2.40. The maximum atomic E-state index is 10.9. The summed E-state index contributed by atoms with van der Waals surface area (Å²) < 4.78 is 6.50. The van der Waals surface area contributed by atoms with Crippen molar-refractivity contribution < 1.29 is 9.53 Å². The van der Waals surface area contributed by atoms with E-state index in [-0.39, 0.29) is 0 Å². The van der Waals surface area contributed by atoms with Gasteiger partial charge >= 0.3 is 0 Å². The van der Waals surface area contributed by atoms with Crippen LogP contribution in [-0.4, -0.2) is 5.91 Å². The second-order valence-electron chi connectivity index (χ2n) is 4.04. The number of nitrogen functional groups attached to an aromatic ring is 1. The summed E-state index contributed by atoms with van der Waals surface area (Å²) in [6, 6.07) is 12.3. The largest absolute Gasteiger partial charge is 0.488 e. The molecule has 19 heavy (non-hydrogen) atoms. The zero-order valence-electron chi connectivity index (χ0n) is 10.1. The highest BCUT2D eigenvalue weighted by atomic mass is 79.9. The lowest BCUT2D eigenvalue weighted by Crippen LogP contribution is -2.10. The molecule has 0 saturated heterocycles. The van der Waals surface area contributed by atoms with Crippen molar-refractivity contribution in [2.45, 2.75) is 6.61 Å². The molecule has 98 valence electrons. The summed E-state index contributed by atoms with van der Waals surface area (Å²) in [5.41, 5.74) is 12.9. The second kappa shape index (κ2) is 5.75. The molecule has 0 bridgehead atoms. The fourth-order valence-electron chi connectivity index (χ4n) is 1.56. The highest BCUT2D eigenvalue weighted by Gasteiger charge is 2.03. The minimum absolute atomic E-state index is 0.390. The van der Waals surface area contributed by atoms with Gasteiger partial charge in [0.15, 0.2) is 0 Å². The summed E-state index contributed by atoms with van der Waals surface area (Å²) in [6.07, 6.45) is 0. The van der Waals surface area contributed by atoms with E-state index in [0.717, 1.165) is 10.0 Å². The molecule has 1 amide bonds. The average molecular weight is 321 g/mol. The predicted molar refractivity (Wildman–Crippen MR) is 77.8 cm³/mol. The van der Waals surface area contributed by atoms with Crippen LogP contribution in [0.1, 0.15) is 15.9 Å². The molecule has 0 heterocycles. The molecule has 0 spiro atoms. The Balaban J connectivity index is 2.06. The summed E-state index contributed by atoms with van der Waals surface area (Å²) >= 11 is 3.39. The standard InChI is InChI=1S/C14H13BrN2O2/c15-12-6-5-11(16)7-13(12)19-8-9-1-3-10(4-2-9)14(17)18/h1-7H,8,16H2,(H2,17,18). The molecule has 0 radical (unpaired) electrons. The zero-order chi connectivity index (χ0) is 13.8. The number of nitrogens with two attached hydrogens (primary N) is 2. The Labute approximate surface area is 119 Å². The van der Waals surface area contributed by atoms with E-state index < -0.39 is 5.91 Å². The number of primary amides is 1. The summed E-state index contributed by atoms with van der Waals surface area (Å²) in [4.78, 5) is 10.9. The van der Waals surface area contributed by atoms with Crippen LogP contribution in [0.3, 0.4) is 0 Å². The van der Waals surface area contributed by atoms with Crippen LogP contribution in [0.2, 0.25) is 0 Å². The SMILES string of the molecule is NC(=O)c1ccc(COc2cc(N)ccc2Br)cc1. The quantitative estimate of drug-likeness (QED) is 0.850. The van der Waals surface area contributed by atoms with Gasteiger partial charge in [-0.25, -0.2) is 0 Å². The van der Waals surface area contributed by atoms with Crippen molar-refractivity contribution in [1.82, 2.24) is 0 Å². The molecule has 0 fully saturated rings. The molecule has 0 aliphatic rings. The van der Waals surface area contributed by atoms with Gasteiger partial charge in [-0.2, -0.15) is 0 Å². The van der Waals surface area contributed by atoms with Crippen molar-refractivity contribution in [3.05, 3.63) is 58.1 Å². The lowest BCUT2D eigenvalue weighted by molar-refractivity contribution is 0.1000. The zero-order valence-corrected chi connectivity index (χ0v) is 11.7. The molecule has 2 aromatic carbocycles. The fourth-order valence-corrected chi connectivity index (χ4v) is 1.92. The third-order valence-corrected chi connectivity index (χ3v) is 3.24. The molecule has 0 aliphatic carbocycles. The number of carbonyl (C=O) groups is 1. The fraction of sp³-hybridized carbons (Fsp3) is 0.0714. The molecule has 5 heteroatoms. The first-order chi connectivity index (χ1) is 9.06. The number of hydrogen-bond donors (Lipinski definition) is 2. The number of hydrogen-bond acceptors (Lipinski definition) is 3. The monoisotopic (exact) mass is 320 g/mol. The lowest BCUT2D eigenvalue weighted by atomic mass is 10.1. The second-order valence-corrected chi connectivity index (χ2v) is 4.89. The number of carbonyl (C=O) groups excluding carboxylic acids is 1. The van der Waals surface area contributed by atoms with Crippen molar-refractivity contribution in [3.8, 4) is 5.75 Å². The third kappa shape index (κ3) is 3.48. The first-order valence-electron chi connectivity index (χ1n) is 5.63. The Kier molecular flexibility index (Phi) is 4.06. The topological polar surface area (TPSA) is 78.3 Å². The van der Waals surface area contributed by atoms with Crippen molar-refractivity contribution in [3.63, 3.8) is 0 Å². The van der Waals surface area contributed by atoms with Gasteiger partial charge in [0.2, 0.25) is 5.91 Å². The van der Waals surface area contributed by atoms with Crippen LogP contribution < -0.4 is 16.2 Å². The Morgan fingerprint density at radius 1 is 1.16 bits per heavy atom. The van der Waals surface area contributed by atoms with E-state index >= 15 is 0 Å². The molecule has 2 aromatic rings. The van der Waals surface area contributed by atoms with E-state index in [1.807, 2.05) is 6.07 Å². The molecule has 0 saturated carbocycles. The van der Waals surface area contributed by atoms with Crippen LogP contribution in [0.25, 0.3) is 0 Å². The highest BCUT2D eigenvalue weighted by molar-refractivity contribution is 9.10. The van der Waals surface area contributed by atoms with E-state index in [1.54, 1.807) is 36.4 Å². The van der Waals surface area contributed by atoms with Crippen LogP contribution in [0, 0.1) is 0 Å². The van der Waals surface area contributed by atoms with Gasteiger partial charge < -0.3 is 16.2 Å². The van der Waals surface area contributed by atoms with E-state index in [4.69, 9.17) is 16.2 Å². The number of ether oxygens (including phenoxy) is 1. The minimum Gasteiger partial charge on any atom is -0.488 e. The third-order valence-electron chi connectivity index (χ3n) is 2.59. The lowest BCUT2D eigenvalue weighted by Gasteiger charge is -2.09. The minimum atomic E-state index is -0.439. The van der Waals surface area contributed by atoms with Gasteiger partial charge in [-0.1, -0.05) is 12.1 Å². The highest BCUT2D eigenvalue weighted by Crippen LogP contribution is 2.27. The van der Waals surface area contributed by atoms with Crippen LogP contribution >= 0.6 is 15.9 Å². The Bertz CT molecular complexity index is 597. The molecule has 2 rings (SSSR count). The number of rotatable bonds is 4. The molecular formula is C14H13BrN2O2. The van der Waals surface area contributed by atoms with E-state index in [9.17, 15) is 4.79 Å². The predicted octanol–water partition coefficient (Wildman–Crippen LogP) is 2.71. The summed E-state index contributed by atoms with van der Waals surface area (Å²) in [7, 11) is 0. The van der Waals surface area contributed by atoms with E-state index in [2.05, 4.69) is 15.9 Å². The number of halogens is 1. The number of anilines is 1. The van der Waals surface area contributed by atoms with Crippen molar-refractivity contribution in [2.24, 2.45) is 5.73 Å². The summed E-state index contributed by atoms with van der Waals surface area (Å²) in [5, 5.41) is 0. The first-order valence-corrected chi connectivity index (χ1v) is 6.42. The van der Waals surface area contributed by atoms with Crippen molar-refractivity contribution >= 4 is 27.5 Å². The molecule has 0 aromatic heterocycles. The molecule has 4 nitrogen and oxygen atoms in total. The maximum absolute atomic E-state index is 10.9. The normalized spacial score (nSPS) is 10.2. The van der Waals surface area contributed by atoms with Gasteiger partial charge in [-0.05, 0) is 45.8 Å². The van der Waals surface area contributed by atoms with Gasteiger partial charge in [0.05, 0.1) is 4.47 Å². The van der Waals surface area contributed by atoms with Gasteiger partial charge in [-0.3, -0.25) is 4.79 Å². The Hall–Kier alpha value is -2.01. The van der Waals surface area contributed by atoms with Crippen molar-refractivity contribution in [2.75, 3.05) is 5.73 Å². The van der Waals surface area contributed by atoms with Gasteiger partial charge in [0.25, 0.3) is 0 Å². The Morgan fingerprint density at radius 2 is 1.84 bits per heavy atom. The van der Waals surface area contributed by atoms with Crippen LogP contribution in [-0.2, 0) is 6.61 Å². The van der Waals surface area contributed by atoms with Gasteiger partial charge in [-0.15, -0.1) is 0 Å². The van der Waals surface area contributed by atoms with Gasteiger partial charge in [0.1, 0.15) is 12.4 Å². The molecular weight excluding hydrogens is 308 g/mol. The summed E-state index contributed by atoms with van der Waals surface area (Å²) in [6.45, 7) is 0.390. The van der Waals surface area contributed by atoms with Gasteiger partial charge in [0, 0.05) is 17.3 Å². The molecule has 0 atom stereocenters.